The maximum Gasteiger partial charge on any atom is 0.277 e. The molecule has 0 N–H and O–H groups in total. The first-order valence-corrected chi connectivity index (χ1v) is 11.7. The van der Waals surface area contributed by atoms with E-state index in [2.05, 4.69) is 4.99 Å². The zero-order valence-corrected chi connectivity index (χ0v) is 16.7. The highest BCUT2D eigenvalue weighted by molar-refractivity contribution is 8.16. The summed E-state index contributed by atoms with van der Waals surface area (Å²) in [4.78, 5) is 18.5. The van der Waals surface area contributed by atoms with Crippen molar-refractivity contribution in [3.05, 3.63) is 28.2 Å². The molecule has 0 aliphatic carbocycles. The molecule has 6 nitrogen and oxygen atoms in total. The van der Waals surface area contributed by atoms with Gasteiger partial charge in [-0.25, -0.2) is 8.42 Å². The number of thioether (sulfide) groups is 1. The highest BCUT2D eigenvalue weighted by atomic mass is 35.5. The predicted octanol–water partition coefficient (Wildman–Crippen LogP) is 2.77. The number of benzene rings is 1. The molecule has 3 atom stereocenters. The number of rotatable bonds is 2. The predicted molar refractivity (Wildman–Crippen MR) is 104 cm³/mol. The minimum atomic E-state index is -3.12. The summed E-state index contributed by atoms with van der Waals surface area (Å²) in [5, 5.41) is 1.11. The van der Waals surface area contributed by atoms with Crippen LogP contribution in [0.5, 0.6) is 0 Å². The largest absolute Gasteiger partial charge is 0.368 e. The van der Waals surface area contributed by atoms with Gasteiger partial charge in [0.05, 0.1) is 27.6 Å². The van der Waals surface area contributed by atoms with Gasteiger partial charge in [-0.1, -0.05) is 35.0 Å². The van der Waals surface area contributed by atoms with E-state index in [-0.39, 0.29) is 28.7 Å². The van der Waals surface area contributed by atoms with Crippen LogP contribution in [0.1, 0.15) is 12.8 Å². The van der Waals surface area contributed by atoms with Crippen LogP contribution in [0.3, 0.4) is 0 Å². The van der Waals surface area contributed by atoms with E-state index in [1.807, 2.05) is 0 Å². The Balaban J connectivity index is 1.70. The van der Waals surface area contributed by atoms with Crippen molar-refractivity contribution in [3.63, 3.8) is 0 Å². The lowest BCUT2D eigenvalue weighted by molar-refractivity contribution is -0.126. The van der Waals surface area contributed by atoms with Crippen LogP contribution in [0.15, 0.2) is 23.2 Å². The summed E-state index contributed by atoms with van der Waals surface area (Å²) in [6.07, 6.45) is 0.991. The normalized spacial score (nSPS) is 31.5. The van der Waals surface area contributed by atoms with Crippen molar-refractivity contribution in [2.24, 2.45) is 4.99 Å². The molecule has 1 aromatic rings. The Morgan fingerprint density at radius 1 is 1.27 bits per heavy atom. The number of amides is 1. The van der Waals surface area contributed by atoms with Gasteiger partial charge in [-0.05, 0) is 31.0 Å². The van der Waals surface area contributed by atoms with Crippen molar-refractivity contribution < 1.29 is 17.9 Å². The van der Waals surface area contributed by atoms with Crippen molar-refractivity contribution in [2.75, 3.05) is 23.0 Å². The summed E-state index contributed by atoms with van der Waals surface area (Å²) in [7, 11) is -3.12. The lowest BCUT2D eigenvalue weighted by Gasteiger charge is -2.25. The fraction of sp³-hybridized carbons (Fsp3) is 0.500. The molecule has 1 amide bonds. The molecular weight excluding hydrogens is 419 g/mol. The van der Waals surface area contributed by atoms with Crippen molar-refractivity contribution in [1.29, 1.82) is 0 Å². The molecule has 26 heavy (non-hydrogen) atoms. The molecule has 140 valence electrons. The molecule has 4 rings (SSSR count). The quantitative estimate of drug-likeness (QED) is 0.711. The molecule has 1 aromatic carbocycles. The van der Waals surface area contributed by atoms with Crippen LogP contribution in [0, 0.1) is 0 Å². The number of ether oxygens (including phenoxy) is 1. The molecule has 3 heterocycles. The van der Waals surface area contributed by atoms with Crippen LogP contribution in [-0.2, 0) is 19.4 Å². The van der Waals surface area contributed by atoms with Crippen LogP contribution in [0.25, 0.3) is 0 Å². The van der Waals surface area contributed by atoms with Gasteiger partial charge in [0.25, 0.3) is 5.91 Å². The van der Waals surface area contributed by atoms with Crippen LogP contribution in [0.2, 0.25) is 10.0 Å². The fourth-order valence-corrected chi connectivity index (χ4v) is 7.65. The Labute approximate surface area is 165 Å². The molecule has 0 radical (unpaired) electrons. The Hall–Kier alpha value is -0.800. The third kappa shape index (κ3) is 3.49. The molecule has 0 saturated carbocycles. The summed E-state index contributed by atoms with van der Waals surface area (Å²) in [5.41, 5.74) is 0.676. The number of carbonyl (C=O) groups excluding carboxylic acids is 1. The highest BCUT2D eigenvalue weighted by Crippen LogP contribution is 2.42. The van der Waals surface area contributed by atoms with E-state index in [1.54, 1.807) is 23.1 Å². The second-order valence-electron chi connectivity index (χ2n) is 6.50. The summed E-state index contributed by atoms with van der Waals surface area (Å²) in [6.45, 7) is 0.564. The standard InChI is InChI=1S/C16H16Cl2N2O4S2/c17-10-4-3-9(6-11(10)18)20-12-7-26(22,23)8-14(12)25-16(20)19-15(21)13-2-1-5-24-13/h3-4,6,12-14H,1-2,5,7-8H2/t12-,13-,14-/m0/s1. The molecule has 3 aliphatic heterocycles. The molecular formula is C16H16Cl2N2O4S2. The monoisotopic (exact) mass is 434 g/mol. The summed E-state index contributed by atoms with van der Waals surface area (Å²) in [6, 6.07) is 4.80. The zero-order chi connectivity index (χ0) is 18.5. The van der Waals surface area contributed by atoms with Crippen LogP contribution < -0.4 is 4.90 Å². The van der Waals surface area contributed by atoms with Gasteiger partial charge in [0.2, 0.25) is 0 Å². The summed E-state index contributed by atoms with van der Waals surface area (Å²) in [5.74, 6) is -0.219. The van der Waals surface area contributed by atoms with Crippen LogP contribution >= 0.6 is 35.0 Å². The Bertz CT molecular complexity index is 884. The van der Waals surface area contributed by atoms with Crippen molar-refractivity contribution in [3.8, 4) is 0 Å². The molecule has 0 unspecified atom stereocenters. The number of fused-ring (bicyclic) bond motifs is 1. The van der Waals surface area contributed by atoms with Gasteiger partial charge < -0.3 is 9.64 Å². The number of carbonyl (C=O) groups is 1. The van der Waals surface area contributed by atoms with Crippen LogP contribution in [0.4, 0.5) is 5.69 Å². The summed E-state index contributed by atoms with van der Waals surface area (Å²) < 4.78 is 29.5. The lowest BCUT2D eigenvalue weighted by Crippen LogP contribution is -2.38. The van der Waals surface area contributed by atoms with Gasteiger partial charge in [-0.2, -0.15) is 4.99 Å². The molecule has 3 fully saturated rings. The topological polar surface area (TPSA) is 76.0 Å². The summed E-state index contributed by atoms with van der Waals surface area (Å²) >= 11 is 13.5. The third-order valence-electron chi connectivity index (χ3n) is 4.66. The second kappa shape index (κ2) is 6.98. The number of hydrogen-bond acceptors (Lipinski definition) is 5. The van der Waals surface area contributed by atoms with Crippen molar-refractivity contribution >= 4 is 61.6 Å². The van der Waals surface area contributed by atoms with Gasteiger partial charge in [0, 0.05) is 17.5 Å². The Morgan fingerprint density at radius 2 is 2.08 bits per heavy atom. The minimum Gasteiger partial charge on any atom is -0.368 e. The van der Waals surface area contributed by atoms with E-state index in [0.29, 0.717) is 33.9 Å². The smallest absolute Gasteiger partial charge is 0.277 e. The van der Waals surface area contributed by atoms with Gasteiger partial charge in [-0.3, -0.25) is 4.79 Å². The lowest BCUT2D eigenvalue weighted by atomic mass is 10.2. The Morgan fingerprint density at radius 3 is 2.77 bits per heavy atom. The maximum absolute atomic E-state index is 12.4. The second-order valence-corrected chi connectivity index (χ2v) is 10.7. The van der Waals surface area contributed by atoms with E-state index < -0.39 is 15.9 Å². The first-order chi connectivity index (χ1) is 12.3. The first kappa shape index (κ1) is 18.6. The molecule has 10 heteroatoms. The van der Waals surface area contributed by atoms with E-state index >= 15 is 0 Å². The number of nitrogens with zero attached hydrogens (tertiary/aromatic N) is 2. The molecule has 3 saturated heterocycles. The van der Waals surface area contributed by atoms with Crippen molar-refractivity contribution in [2.45, 2.75) is 30.2 Å². The van der Waals surface area contributed by atoms with Gasteiger partial charge >= 0.3 is 0 Å². The minimum absolute atomic E-state index is 0.0258. The molecule has 0 aromatic heterocycles. The first-order valence-electron chi connectivity index (χ1n) is 8.19. The third-order valence-corrected chi connectivity index (χ3v) is 8.61. The van der Waals surface area contributed by atoms with Gasteiger partial charge in [0.1, 0.15) is 6.10 Å². The number of amidine groups is 1. The maximum atomic E-state index is 12.4. The zero-order valence-electron chi connectivity index (χ0n) is 13.6. The number of anilines is 1. The van der Waals surface area contributed by atoms with Gasteiger partial charge in [-0.15, -0.1) is 0 Å². The molecule has 0 spiro atoms. The van der Waals surface area contributed by atoms with Gasteiger partial charge in [0.15, 0.2) is 15.0 Å². The van der Waals surface area contributed by atoms with Crippen LogP contribution in [-0.4, -0.2) is 55.0 Å². The highest BCUT2D eigenvalue weighted by Gasteiger charge is 2.49. The van der Waals surface area contributed by atoms with E-state index in [4.69, 9.17) is 27.9 Å². The van der Waals surface area contributed by atoms with E-state index in [0.717, 1.165) is 6.42 Å². The number of aliphatic imine (C=N–C) groups is 1. The van der Waals surface area contributed by atoms with E-state index in [9.17, 15) is 13.2 Å². The molecule has 0 bridgehead atoms. The Kier molecular flexibility index (Phi) is 4.98. The number of sulfone groups is 1. The fourth-order valence-electron chi connectivity index (χ4n) is 3.44. The van der Waals surface area contributed by atoms with E-state index in [1.165, 1.54) is 11.8 Å². The SMILES string of the molecule is O=C(N=C1S[C@H]2CS(=O)(=O)C[C@@H]2N1c1ccc(Cl)c(Cl)c1)[C@@H]1CCCO1. The average molecular weight is 435 g/mol. The van der Waals surface area contributed by atoms with Crippen molar-refractivity contribution in [1.82, 2.24) is 0 Å². The number of halogens is 2. The average Bonchev–Trinajstić information content (AvgIpc) is 3.25. The molecule has 3 aliphatic rings. The number of hydrogen-bond donors (Lipinski definition) is 0.